The maximum absolute atomic E-state index is 13.0. The van der Waals surface area contributed by atoms with Crippen LogP contribution in [0.4, 0.5) is 4.39 Å². The molecule has 1 saturated heterocycles. The molecule has 6 heteroatoms. The van der Waals surface area contributed by atoms with E-state index in [0.29, 0.717) is 25.2 Å². The SMILES string of the molecule is Cc1cc(C)cc(CN2CCN(C(=O)[C@H](O)c3ccc(F)cc3)CC2=O)c1. The maximum Gasteiger partial charge on any atom is 0.256 e. The molecule has 1 aliphatic heterocycles. The maximum atomic E-state index is 13.0. The van der Waals surface area contributed by atoms with E-state index in [1.54, 1.807) is 4.90 Å². The number of carbonyl (C=O) groups excluding carboxylic acids is 2. The molecule has 142 valence electrons. The second-order valence-electron chi connectivity index (χ2n) is 7.03. The lowest BCUT2D eigenvalue weighted by molar-refractivity contribution is -0.150. The van der Waals surface area contributed by atoms with Crippen LogP contribution in [-0.2, 0) is 16.1 Å². The Bertz CT molecular complexity index is 831. The van der Waals surface area contributed by atoms with Gasteiger partial charge < -0.3 is 14.9 Å². The van der Waals surface area contributed by atoms with Gasteiger partial charge in [0.05, 0.1) is 6.54 Å². The lowest BCUT2D eigenvalue weighted by Crippen LogP contribution is -2.52. The molecule has 3 rings (SSSR count). The van der Waals surface area contributed by atoms with Crippen LogP contribution < -0.4 is 0 Å². The first-order valence-corrected chi connectivity index (χ1v) is 8.91. The van der Waals surface area contributed by atoms with Crippen molar-refractivity contribution < 1.29 is 19.1 Å². The first kappa shape index (κ1) is 19.0. The van der Waals surface area contributed by atoms with E-state index in [9.17, 15) is 19.1 Å². The van der Waals surface area contributed by atoms with Crippen LogP contribution in [0.15, 0.2) is 42.5 Å². The average Bonchev–Trinajstić information content (AvgIpc) is 2.62. The smallest absolute Gasteiger partial charge is 0.256 e. The number of aliphatic hydroxyl groups excluding tert-OH is 1. The second-order valence-corrected chi connectivity index (χ2v) is 7.03. The highest BCUT2D eigenvalue weighted by Gasteiger charge is 2.31. The Morgan fingerprint density at radius 3 is 2.33 bits per heavy atom. The summed E-state index contributed by atoms with van der Waals surface area (Å²) >= 11 is 0. The van der Waals surface area contributed by atoms with Crippen LogP contribution in [0.3, 0.4) is 0 Å². The van der Waals surface area contributed by atoms with Crippen LogP contribution in [0.2, 0.25) is 0 Å². The van der Waals surface area contributed by atoms with E-state index in [1.807, 2.05) is 13.8 Å². The van der Waals surface area contributed by atoms with Crippen molar-refractivity contribution in [3.8, 4) is 0 Å². The van der Waals surface area contributed by atoms with E-state index in [2.05, 4.69) is 18.2 Å². The molecule has 2 aromatic carbocycles. The lowest BCUT2D eigenvalue weighted by atomic mass is 10.1. The van der Waals surface area contributed by atoms with Gasteiger partial charge in [0, 0.05) is 19.6 Å². The number of hydrogen-bond donors (Lipinski definition) is 1. The highest BCUT2D eigenvalue weighted by molar-refractivity contribution is 5.88. The summed E-state index contributed by atoms with van der Waals surface area (Å²) in [6.07, 6.45) is -1.40. The third kappa shape index (κ3) is 4.52. The zero-order valence-electron chi connectivity index (χ0n) is 15.5. The molecule has 1 N–H and O–H groups in total. The molecule has 0 aliphatic carbocycles. The molecular formula is C21H23FN2O3. The zero-order valence-corrected chi connectivity index (χ0v) is 15.5. The summed E-state index contributed by atoms with van der Waals surface area (Å²) in [4.78, 5) is 28.1. The standard InChI is InChI=1S/C21H23FN2O3/c1-14-9-15(2)11-16(10-14)12-23-7-8-24(13-19(23)25)21(27)20(26)17-3-5-18(22)6-4-17/h3-6,9-11,20,26H,7-8,12-13H2,1-2H3/t20-/m1/s1. The van der Waals surface area contributed by atoms with E-state index >= 15 is 0 Å². The molecule has 27 heavy (non-hydrogen) atoms. The highest BCUT2D eigenvalue weighted by atomic mass is 19.1. The van der Waals surface area contributed by atoms with Crippen molar-refractivity contribution in [1.82, 2.24) is 9.80 Å². The van der Waals surface area contributed by atoms with Gasteiger partial charge in [-0.15, -0.1) is 0 Å². The molecule has 0 bridgehead atoms. The number of aryl methyl sites for hydroxylation is 2. The van der Waals surface area contributed by atoms with Crippen molar-refractivity contribution in [1.29, 1.82) is 0 Å². The van der Waals surface area contributed by atoms with Gasteiger partial charge in [0.15, 0.2) is 6.10 Å². The Balaban J connectivity index is 1.63. The minimum Gasteiger partial charge on any atom is -0.378 e. The summed E-state index contributed by atoms with van der Waals surface area (Å²) in [6.45, 7) is 5.24. The quantitative estimate of drug-likeness (QED) is 0.899. The number of halogens is 1. The summed E-state index contributed by atoms with van der Waals surface area (Å²) in [5.41, 5.74) is 3.67. The molecule has 2 amide bonds. The van der Waals surface area contributed by atoms with Gasteiger partial charge >= 0.3 is 0 Å². The molecule has 0 unspecified atom stereocenters. The zero-order chi connectivity index (χ0) is 19.6. The third-order valence-electron chi connectivity index (χ3n) is 4.70. The Morgan fingerprint density at radius 2 is 1.74 bits per heavy atom. The fourth-order valence-electron chi connectivity index (χ4n) is 3.41. The summed E-state index contributed by atoms with van der Waals surface area (Å²) in [5, 5.41) is 10.2. The van der Waals surface area contributed by atoms with Gasteiger partial charge in [0.25, 0.3) is 5.91 Å². The number of hydrogen-bond acceptors (Lipinski definition) is 3. The monoisotopic (exact) mass is 370 g/mol. The predicted octanol–water partition coefficient (Wildman–Crippen LogP) is 2.35. The predicted molar refractivity (Wildman–Crippen MR) is 99.3 cm³/mol. The Kier molecular flexibility index (Phi) is 5.56. The number of rotatable bonds is 4. The van der Waals surface area contributed by atoms with Crippen molar-refractivity contribution in [3.63, 3.8) is 0 Å². The van der Waals surface area contributed by atoms with Crippen LogP contribution in [0.25, 0.3) is 0 Å². The van der Waals surface area contributed by atoms with E-state index in [1.165, 1.54) is 29.2 Å². The molecule has 1 aliphatic rings. The second kappa shape index (κ2) is 7.88. The van der Waals surface area contributed by atoms with Gasteiger partial charge in [0.1, 0.15) is 5.82 Å². The largest absolute Gasteiger partial charge is 0.378 e. The van der Waals surface area contributed by atoms with Gasteiger partial charge in [0.2, 0.25) is 5.91 Å². The van der Waals surface area contributed by atoms with Crippen molar-refractivity contribution in [2.45, 2.75) is 26.5 Å². The lowest BCUT2D eigenvalue weighted by Gasteiger charge is -2.35. The molecule has 0 saturated carbocycles. The molecule has 0 radical (unpaired) electrons. The number of aliphatic hydroxyl groups is 1. The molecule has 5 nitrogen and oxygen atoms in total. The Labute approximate surface area is 158 Å². The highest BCUT2D eigenvalue weighted by Crippen LogP contribution is 2.19. The van der Waals surface area contributed by atoms with Crippen molar-refractivity contribution in [3.05, 3.63) is 70.5 Å². The van der Waals surface area contributed by atoms with Crippen LogP contribution in [0, 0.1) is 19.7 Å². The normalized spacial score (nSPS) is 15.8. The first-order valence-electron chi connectivity index (χ1n) is 8.91. The van der Waals surface area contributed by atoms with Gasteiger partial charge in [-0.3, -0.25) is 9.59 Å². The van der Waals surface area contributed by atoms with E-state index in [4.69, 9.17) is 0 Å². The van der Waals surface area contributed by atoms with Crippen molar-refractivity contribution >= 4 is 11.8 Å². The minimum absolute atomic E-state index is 0.0676. The van der Waals surface area contributed by atoms with E-state index < -0.39 is 17.8 Å². The number of amides is 2. The van der Waals surface area contributed by atoms with Gasteiger partial charge in [-0.25, -0.2) is 4.39 Å². The van der Waals surface area contributed by atoms with Crippen LogP contribution in [0.5, 0.6) is 0 Å². The van der Waals surface area contributed by atoms with Crippen molar-refractivity contribution in [2.75, 3.05) is 19.6 Å². The van der Waals surface area contributed by atoms with Gasteiger partial charge in [-0.2, -0.15) is 0 Å². The molecule has 1 atom stereocenters. The Morgan fingerprint density at radius 1 is 1.11 bits per heavy atom. The van der Waals surface area contributed by atoms with Gasteiger partial charge in [-0.05, 0) is 37.1 Å². The molecule has 0 aromatic heterocycles. The van der Waals surface area contributed by atoms with Crippen LogP contribution >= 0.6 is 0 Å². The number of nitrogens with zero attached hydrogens (tertiary/aromatic N) is 2. The molecule has 2 aromatic rings. The fourth-order valence-corrected chi connectivity index (χ4v) is 3.41. The fraction of sp³-hybridized carbons (Fsp3) is 0.333. The summed E-state index contributed by atoms with van der Waals surface area (Å²) in [7, 11) is 0. The Hall–Kier alpha value is -2.73. The molecular weight excluding hydrogens is 347 g/mol. The minimum atomic E-state index is -1.40. The first-order chi connectivity index (χ1) is 12.8. The topological polar surface area (TPSA) is 60.9 Å². The molecule has 0 spiro atoms. The van der Waals surface area contributed by atoms with Crippen LogP contribution in [-0.4, -0.2) is 46.4 Å². The third-order valence-corrected chi connectivity index (χ3v) is 4.70. The molecule has 1 heterocycles. The van der Waals surface area contributed by atoms with Crippen LogP contribution in [0.1, 0.15) is 28.4 Å². The molecule has 1 fully saturated rings. The van der Waals surface area contributed by atoms with Crippen molar-refractivity contribution in [2.24, 2.45) is 0 Å². The van der Waals surface area contributed by atoms with E-state index in [-0.39, 0.29) is 12.5 Å². The summed E-state index contributed by atoms with van der Waals surface area (Å²) in [5.74, 6) is -1.13. The number of benzene rings is 2. The number of piperazine rings is 1. The van der Waals surface area contributed by atoms with Gasteiger partial charge in [-0.1, -0.05) is 41.5 Å². The number of carbonyl (C=O) groups is 2. The summed E-state index contributed by atoms with van der Waals surface area (Å²) < 4.78 is 13.0. The summed E-state index contributed by atoms with van der Waals surface area (Å²) in [6, 6.07) is 11.3. The van der Waals surface area contributed by atoms with E-state index in [0.717, 1.165) is 16.7 Å². The average molecular weight is 370 g/mol.